The summed E-state index contributed by atoms with van der Waals surface area (Å²) in [5.74, 6) is 5.86. The summed E-state index contributed by atoms with van der Waals surface area (Å²) in [6.07, 6.45) is 3.07. The van der Waals surface area contributed by atoms with Crippen molar-refractivity contribution in [3.63, 3.8) is 0 Å². The number of sulfonamides is 1. The molecule has 0 spiro atoms. The summed E-state index contributed by atoms with van der Waals surface area (Å²) in [7, 11) is -3.78. The molecule has 2 rings (SSSR count). The first-order valence-corrected chi connectivity index (χ1v) is 8.09. The van der Waals surface area contributed by atoms with Gasteiger partial charge in [0, 0.05) is 18.2 Å². The van der Waals surface area contributed by atoms with Crippen LogP contribution >= 0.6 is 0 Å². The van der Waals surface area contributed by atoms with Crippen LogP contribution in [0.25, 0.3) is 0 Å². The lowest BCUT2D eigenvalue weighted by Gasteiger charge is -2.15. The van der Waals surface area contributed by atoms with Crippen molar-refractivity contribution in [3.8, 4) is 0 Å². The minimum atomic E-state index is -3.78. The molecule has 0 bridgehead atoms. The standard InChI is InChI=1S/C12H18N4O4S/c1-8(6-9-2-3-9)15-21(19,20)12-5-4-10(16(17)18)7-11(12)14-13/h4-5,7-9,14-15H,2-3,6,13H2,1H3. The first kappa shape index (κ1) is 15.7. The van der Waals surface area contributed by atoms with Crippen molar-refractivity contribution >= 4 is 21.4 Å². The van der Waals surface area contributed by atoms with Crippen molar-refractivity contribution in [2.24, 2.45) is 11.8 Å². The summed E-state index contributed by atoms with van der Waals surface area (Å²) in [6, 6.07) is 3.23. The molecular formula is C12H18N4O4S. The molecule has 1 aliphatic rings. The Labute approximate surface area is 122 Å². The van der Waals surface area contributed by atoms with E-state index in [1.54, 1.807) is 6.92 Å². The smallest absolute Gasteiger partial charge is 0.271 e. The Balaban J connectivity index is 2.23. The van der Waals surface area contributed by atoms with Crippen LogP contribution in [-0.2, 0) is 10.0 Å². The molecule has 0 saturated heterocycles. The molecular weight excluding hydrogens is 296 g/mol. The van der Waals surface area contributed by atoms with Gasteiger partial charge >= 0.3 is 0 Å². The lowest BCUT2D eigenvalue weighted by molar-refractivity contribution is -0.384. The average Bonchev–Trinajstić information content (AvgIpc) is 3.20. The van der Waals surface area contributed by atoms with Crippen LogP contribution in [0.1, 0.15) is 26.2 Å². The van der Waals surface area contributed by atoms with Crippen LogP contribution in [0, 0.1) is 16.0 Å². The van der Waals surface area contributed by atoms with E-state index in [9.17, 15) is 18.5 Å². The Bertz CT molecular complexity index is 643. The summed E-state index contributed by atoms with van der Waals surface area (Å²) in [4.78, 5) is 10.00. The Kier molecular flexibility index (Phi) is 4.45. The summed E-state index contributed by atoms with van der Waals surface area (Å²) >= 11 is 0. The number of nitrogens with one attached hydrogen (secondary N) is 2. The molecule has 1 saturated carbocycles. The third kappa shape index (κ3) is 3.90. The summed E-state index contributed by atoms with van der Waals surface area (Å²) in [5, 5.41) is 10.7. The van der Waals surface area contributed by atoms with Gasteiger partial charge < -0.3 is 5.43 Å². The van der Waals surface area contributed by atoms with Crippen molar-refractivity contribution in [1.82, 2.24) is 4.72 Å². The van der Waals surface area contributed by atoms with Gasteiger partial charge in [0.1, 0.15) is 4.90 Å². The van der Waals surface area contributed by atoms with E-state index in [0.717, 1.165) is 31.4 Å². The molecule has 0 amide bonds. The van der Waals surface area contributed by atoms with Gasteiger partial charge in [0.2, 0.25) is 10.0 Å². The third-order valence-electron chi connectivity index (χ3n) is 3.36. The van der Waals surface area contributed by atoms with Gasteiger partial charge in [-0.2, -0.15) is 0 Å². The molecule has 8 nitrogen and oxygen atoms in total. The number of rotatable bonds is 7. The predicted molar refractivity (Wildman–Crippen MR) is 78.0 cm³/mol. The largest absolute Gasteiger partial charge is 0.323 e. The van der Waals surface area contributed by atoms with E-state index >= 15 is 0 Å². The molecule has 1 unspecified atom stereocenters. The number of hydrogen-bond donors (Lipinski definition) is 3. The summed E-state index contributed by atoms with van der Waals surface area (Å²) in [6.45, 7) is 1.80. The molecule has 0 heterocycles. The maximum atomic E-state index is 12.3. The second-order valence-corrected chi connectivity index (χ2v) is 6.97. The second-order valence-electron chi connectivity index (χ2n) is 5.28. The fraction of sp³-hybridized carbons (Fsp3) is 0.500. The molecule has 1 atom stereocenters. The molecule has 9 heteroatoms. The number of nitro groups is 1. The van der Waals surface area contributed by atoms with E-state index < -0.39 is 14.9 Å². The lowest BCUT2D eigenvalue weighted by atomic mass is 10.2. The van der Waals surface area contributed by atoms with Crippen LogP contribution in [0.2, 0.25) is 0 Å². The average molecular weight is 314 g/mol. The Morgan fingerprint density at radius 1 is 1.48 bits per heavy atom. The van der Waals surface area contributed by atoms with E-state index in [2.05, 4.69) is 10.1 Å². The van der Waals surface area contributed by atoms with Crippen LogP contribution in [0.5, 0.6) is 0 Å². The van der Waals surface area contributed by atoms with E-state index in [-0.39, 0.29) is 22.3 Å². The molecule has 1 aromatic rings. The van der Waals surface area contributed by atoms with Crippen LogP contribution in [0.4, 0.5) is 11.4 Å². The highest BCUT2D eigenvalue weighted by atomic mass is 32.2. The van der Waals surface area contributed by atoms with Crippen molar-refractivity contribution in [3.05, 3.63) is 28.3 Å². The van der Waals surface area contributed by atoms with Crippen LogP contribution < -0.4 is 16.0 Å². The van der Waals surface area contributed by atoms with Crippen molar-refractivity contribution in [2.75, 3.05) is 5.43 Å². The fourth-order valence-corrected chi connectivity index (χ4v) is 3.62. The van der Waals surface area contributed by atoms with Crippen molar-refractivity contribution in [1.29, 1.82) is 0 Å². The first-order chi connectivity index (χ1) is 9.83. The molecule has 1 aliphatic carbocycles. The van der Waals surface area contributed by atoms with Gasteiger partial charge in [0.05, 0.1) is 10.6 Å². The molecule has 0 radical (unpaired) electrons. The highest BCUT2D eigenvalue weighted by Crippen LogP contribution is 2.34. The van der Waals surface area contributed by atoms with Gasteiger partial charge in [0.25, 0.3) is 5.69 Å². The molecule has 0 aromatic heterocycles. The number of anilines is 1. The maximum absolute atomic E-state index is 12.3. The van der Waals surface area contributed by atoms with E-state index in [1.807, 2.05) is 0 Å². The second kappa shape index (κ2) is 5.96. The first-order valence-electron chi connectivity index (χ1n) is 6.61. The quantitative estimate of drug-likeness (QED) is 0.396. The zero-order chi connectivity index (χ0) is 15.6. The minimum absolute atomic E-state index is 0.00433. The van der Waals surface area contributed by atoms with Gasteiger partial charge in [-0.15, -0.1) is 0 Å². The molecule has 4 N–H and O–H groups in total. The van der Waals surface area contributed by atoms with Crippen LogP contribution in [-0.4, -0.2) is 19.4 Å². The lowest BCUT2D eigenvalue weighted by Crippen LogP contribution is -2.33. The zero-order valence-electron chi connectivity index (χ0n) is 11.6. The molecule has 21 heavy (non-hydrogen) atoms. The molecule has 0 aliphatic heterocycles. The maximum Gasteiger partial charge on any atom is 0.271 e. The molecule has 116 valence electrons. The van der Waals surface area contributed by atoms with Gasteiger partial charge in [0.15, 0.2) is 0 Å². The minimum Gasteiger partial charge on any atom is -0.323 e. The Morgan fingerprint density at radius 3 is 2.67 bits per heavy atom. The number of hydrazine groups is 1. The van der Waals surface area contributed by atoms with Crippen LogP contribution in [0.3, 0.4) is 0 Å². The van der Waals surface area contributed by atoms with E-state index in [0.29, 0.717) is 5.92 Å². The predicted octanol–water partition coefficient (Wildman–Crippen LogP) is 1.35. The highest BCUT2D eigenvalue weighted by molar-refractivity contribution is 7.89. The third-order valence-corrected chi connectivity index (χ3v) is 5.01. The number of benzene rings is 1. The number of nitro benzene ring substituents is 1. The number of non-ortho nitro benzene ring substituents is 1. The summed E-state index contributed by atoms with van der Waals surface area (Å²) in [5.41, 5.74) is 1.97. The van der Waals surface area contributed by atoms with E-state index in [1.165, 1.54) is 6.07 Å². The normalized spacial score (nSPS) is 16.5. The Morgan fingerprint density at radius 2 is 2.14 bits per heavy atom. The number of hydrogen-bond acceptors (Lipinski definition) is 6. The monoisotopic (exact) mass is 314 g/mol. The van der Waals surface area contributed by atoms with Crippen LogP contribution in [0.15, 0.2) is 23.1 Å². The SMILES string of the molecule is CC(CC1CC1)NS(=O)(=O)c1ccc([N+](=O)[O-])cc1NN. The number of nitrogen functional groups attached to an aromatic ring is 1. The number of nitrogens with two attached hydrogens (primary N) is 1. The topological polar surface area (TPSA) is 127 Å². The molecule has 1 fully saturated rings. The van der Waals surface area contributed by atoms with Gasteiger partial charge in [-0.1, -0.05) is 12.8 Å². The number of nitrogens with zero attached hydrogens (tertiary/aromatic N) is 1. The highest BCUT2D eigenvalue weighted by Gasteiger charge is 2.27. The van der Waals surface area contributed by atoms with Crippen molar-refractivity contribution in [2.45, 2.75) is 37.1 Å². The molecule has 1 aromatic carbocycles. The van der Waals surface area contributed by atoms with Crippen molar-refractivity contribution < 1.29 is 13.3 Å². The van der Waals surface area contributed by atoms with E-state index in [4.69, 9.17) is 5.84 Å². The van der Waals surface area contributed by atoms with Gasteiger partial charge in [-0.25, -0.2) is 13.1 Å². The summed E-state index contributed by atoms with van der Waals surface area (Å²) < 4.78 is 27.2. The Hall–Kier alpha value is -1.71. The van der Waals surface area contributed by atoms with Gasteiger partial charge in [-0.05, 0) is 25.3 Å². The zero-order valence-corrected chi connectivity index (χ0v) is 12.4. The fourth-order valence-electron chi connectivity index (χ4n) is 2.21. The van der Waals surface area contributed by atoms with Gasteiger partial charge in [-0.3, -0.25) is 16.0 Å².